The first-order chi connectivity index (χ1) is 16.1. The maximum absolute atomic E-state index is 13.5. The first-order valence-corrected chi connectivity index (χ1v) is 12.0. The minimum absolute atomic E-state index is 0.0179. The van der Waals surface area contributed by atoms with Crippen molar-refractivity contribution in [2.45, 2.75) is 19.5 Å². The van der Waals surface area contributed by atoms with Gasteiger partial charge >= 0.3 is 0 Å². The van der Waals surface area contributed by atoms with Crippen molar-refractivity contribution in [1.82, 2.24) is 14.7 Å². The first kappa shape index (κ1) is 21.9. The number of carbonyl (C=O) groups is 1. The van der Waals surface area contributed by atoms with Crippen molar-refractivity contribution in [2.24, 2.45) is 5.41 Å². The number of hydrogen-bond donors (Lipinski definition) is 0. The van der Waals surface area contributed by atoms with Crippen molar-refractivity contribution in [3.63, 3.8) is 0 Å². The van der Waals surface area contributed by atoms with Crippen LogP contribution in [0.1, 0.15) is 29.7 Å². The molecule has 0 radical (unpaired) electrons. The van der Waals surface area contributed by atoms with E-state index in [0.717, 1.165) is 45.8 Å². The Labute approximate surface area is 197 Å². The summed E-state index contributed by atoms with van der Waals surface area (Å²) >= 11 is 0. The van der Waals surface area contributed by atoms with Crippen LogP contribution < -0.4 is 0 Å². The normalized spacial score (nSPS) is 21.9. The van der Waals surface area contributed by atoms with Crippen LogP contribution in [0.25, 0.3) is 0 Å². The van der Waals surface area contributed by atoms with Crippen LogP contribution >= 0.6 is 0 Å². The van der Waals surface area contributed by atoms with Gasteiger partial charge in [0.15, 0.2) is 0 Å². The molecule has 4 heteroatoms. The van der Waals surface area contributed by atoms with Gasteiger partial charge in [-0.15, -0.1) is 0 Å². The molecule has 2 fully saturated rings. The summed E-state index contributed by atoms with van der Waals surface area (Å²) < 4.78 is 0. The molecular formula is C29H33N3O. The number of amides is 1. The van der Waals surface area contributed by atoms with Crippen LogP contribution in [0.2, 0.25) is 0 Å². The summed E-state index contributed by atoms with van der Waals surface area (Å²) in [5.74, 6) is 0.270. The van der Waals surface area contributed by atoms with Crippen LogP contribution in [-0.4, -0.2) is 59.9 Å². The summed E-state index contributed by atoms with van der Waals surface area (Å²) in [4.78, 5) is 20.6. The standard InChI is InChI=1S/C29H33N3O/c1-29(22-31-19-17-30(18-20-31)21-24-11-5-2-6-12-24)23-32(28(29)33)27(25-13-7-3-8-14-25)26-15-9-4-10-16-26/h2-16,27H,17-23H2,1H3. The number of hydrogen-bond acceptors (Lipinski definition) is 3. The highest BCUT2D eigenvalue weighted by Gasteiger charge is 2.52. The van der Waals surface area contributed by atoms with Gasteiger partial charge in [-0.1, -0.05) is 91.0 Å². The third kappa shape index (κ3) is 4.73. The molecule has 2 aliphatic heterocycles. The molecule has 33 heavy (non-hydrogen) atoms. The van der Waals surface area contributed by atoms with Gasteiger partial charge in [0.25, 0.3) is 0 Å². The van der Waals surface area contributed by atoms with E-state index in [1.54, 1.807) is 0 Å². The average Bonchev–Trinajstić information content (AvgIpc) is 2.87. The Bertz CT molecular complexity index is 1010. The highest BCUT2D eigenvalue weighted by Crippen LogP contribution is 2.41. The minimum Gasteiger partial charge on any atom is -0.330 e. The van der Waals surface area contributed by atoms with Gasteiger partial charge in [-0.2, -0.15) is 0 Å². The van der Waals surface area contributed by atoms with Crippen molar-refractivity contribution in [3.8, 4) is 0 Å². The number of β-lactam (4-membered cyclic amide) rings is 1. The largest absolute Gasteiger partial charge is 0.330 e. The maximum atomic E-state index is 13.5. The molecule has 4 nitrogen and oxygen atoms in total. The average molecular weight is 440 g/mol. The van der Waals surface area contributed by atoms with E-state index < -0.39 is 0 Å². The molecule has 0 N–H and O–H groups in total. The molecule has 0 bridgehead atoms. The number of carbonyl (C=O) groups excluding carboxylic acids is 1. The number of likely N-dealkylation sites (tertiary alicyclic amines) is 1. The van der Waals surface area contributed by atoms with E-state index in [2.05, 4.69) is 100 Å². The highest BCUT2D eigenvalue weighted by atomic mass is 16.2. The Hall–Kier alpha value is -2.95. The zero-order valence-electron chi connectivity index (χ0n) is 19.4. The summed E-state index contributed by atoms with van der Waals surface area (Å²) in [7, 11) is 0. The molecular weight excluding hydrogens is 406 g/mol. The van der Waals surface area contributed by atoms with Gasteiger partial charge in [0, 0.05) is 45.8 Å². The van der Waals surface area contributed by atoms with Gasteiger partial charge in [0.1, 0.15) is 0 Å². The second kappa shape index (κ2) is 9.50. The van der Waals surface area contributed by atoms with Crippen molar-refractivity contribution in [1.29, 1.82) is 0 Å². The predicted molar refractivity (Wildman–Crippen MR) is 133 cm³/mol. The van der Waals surface area contributed by atoms with E-state index >= 15 is 0 Å². The third-order valence-electron chi connectivity index (χ3n) is 7.13. The molecule has 0 spiro atoms. The van der Waals surface area contributed by atoms with E-state index in [4.69, 9.17) is 0 Å². The Morgan fingerprint density at radius 3 is 1.73 bits per heavy atom. The van der Waals surface area contributed by atoms with Crippen LogP contribution in [0.15, 0.2) is 91.0 Å². The minimum atomic E-state index is -0.302. The van der Waals surface area contributed by atoms with E-state index in [1.165, 1.54) is 16.7 Å². The van der Waals surface area contributed by atoms with Gasteiger partial charge in [0.05, 0.1) is 11.5 Å². The van der Waals surface area contributed by atoms with Crippen LogP contribution in [0.3, 0.4) is 0 Å². The Morgan fingerprint density at radius 2 is 1.21 bits per heavy atom. The first-order valence-electron chi connectivity index (χ1n) is 12.0. The van der Waals surface area contributed by atoms with Crippen LogP contribution in [-0.2, 0) is 11.3 Å². The molecule has 2 aliphatic rings. The highest BCUT2D eigenvalue weighted by molar-refractivity contribution is 5.89. The lowest BCUT2D eigenvalue weighted by molar-refractivity contribution is -0.164. The molecule has 1 atom stereocenters. The lowest BCUT2D eigenvalue weighted by Gasteiger charge is -2.52. The summed E-state index contributed by atoms with van der Waals surface area (Å²) in [5.41, 5.74) is 3.42. The van der Waals surface area contributed by atoms with Gasteiger partial charge in [0.2, 0.25) is 5.91 Å². The fourth-order valence-corrected chi connectivity index (χ4v) is 5.36. The molecule has 3 aromatic carbocycles. The molecule has 0 saturated carbocycles. The topological polar surface area (TPSA) is 26.8 Å². The zero-order valence-corrected chi connectivity index (χ0v) is 19.4. The van der Waals surface area contributed by atoms with Gasteiger partial charge in [-0.05, 0) is 23.6 Å². The second-order valence-electron chi connectivity index (χ2n) is 9.76. The van der Waals surface area contributed by atoms with E-state index in [9.17, 15) is 4.79 Å². The quantitative estimate of drug-likeness (QED) is 0.509. The van der Waals surface area contributed by atoms with Crippen molar-refractivity contribution in [3.05, 3.63) is 108 Å². The molecule has 5 rings (SSSR count). The monoisotopic (exact) mass is 439 g/mol. The smallest absolute Gasteiger partial charge is 0.232 e. The van der Waals surface area contributed by atoms with Gasteiger partial charge in [-0.3, -0.25) is 14.6 Å². The molecule has 3 aromatic rings. The summed E-state index contributed by atoms with van der Waals surface area (Å²) in [6.45, 7) is 8.96. The zero-order chi connectivity index (χ0) is 22.7. The molecule has 2 heterocycles. The van der Waals surface area contributed by atoms with Crippen LogP contribution in [0.5, 0.6) is 0 Å². The van der Waals surface area contributed by atoms with Crippen LogP contribution in [0, 0.1) is 5.41 Å². The Morgan fingerprint density at radius 1 is 0.727 bits per heavy atom. The summed E-state index contributed by atoms with van der Waals surface area (Å²) in [6.07, 6.45) is 0. The van der Waals surface area contributed by atoms with Gasteiger partial charge < -0.3 is 4.90 Å². The molecule has 170 valence electrons. The molecule has 0 aliphatic carbocycles. The van der Waals surface area contributed by atoms with Crippen molar-refractivity contribution in [2.75, 3.05) is 39.3 Å². The fourth-order valence-electron chi connectivity index (χ4n) is 5.36. The van der Waals surface area contributed by atoms with Crippen molar-refractivity contribution < 1.29 is 4.79 Å². The number of piperazine rings is 1. The lowest BCUT2D eigenvalue weighted by atomic mass is 9.77. The van der Waals surface area contributed by atoms with Crippen molar-refractivity contribution >= 4 is 5.91 Å². The SMILES string of the molecule is CC1(CN2CCN(Cc3ccccc3)CC2)CN(C(c2ccccc2)c2ccccc2)C1=O. The predicted octanol–water partition coefficient (Wildman–Crippen LogP) is 4.44. The Balaban J connectivity index is 1.21. The number of rotatable bonds is 7. The van der Waals surface area contributed by atoms with Gasteiger partial charge in [-0.25, -0.2) is 0 Å². The lowest BCUT2D eigenvalue weighted by Crippen LogP contribution is -2.65. The molecule has 1 amide bonds. The Kier molecular flexibility index (Phi) is 6.30. The molecule has 0 aromatic heterocycles. The summed E-state index contributed by atoms with van der Waals surface area (Å²) in [5, 5.41) is 0. The molecule has 1 unspecified atom stereocenters. The third-order valence-corrected chi connectivity index (χ3v) is 7.13. The number of benzene rings is 3. The number of nitrogens with zero attached hydrogens (tertiary/aromatic N) is 3. The van der Waals surface area contributed by atoms with E-state index in [1.807, 2.05) is 12.1 Å². The van der Waals surface area contributed by atoms with E-state index in [-0.39, 0.29) is 17.4 Å². The fraction of sp³-hybridized carbons (Fsp3) is 0.345. The molecule has 2 saturated heterocycles. The second-order valence-corrected chi connectivity index (χ2v) is 9.76. The van der Waals surface area contributed by atoms with Crippen LogP contribution in [0.4, 0.5) is 0 Å². The maximum Gasteiger partial charge on any atom is 0.232 e. The summed E-state index contributed by atoms with van der Waals surface area (Å²) in [6, 6.07) is 31.5. The van der Waals surface area contributed by atoms with E-state index in [0.29, 0.717) is 0 Å².